The van der Waals surface area contributed by atoms with Gasteiger partial charge in [-0.05, 0) is 32.3 Å². The molecule has 0 aromatic heterocycles. The van der Waals surface area contributed by atoms with Crippen molar-refractivity contribution in [1.82, 2.24) is 0 Å². The Bertz CT molecular complexity index is 498. The van der Waals surface area contributed by atoms with Gasteiger partial charge in [0, 0.05) is 24.3 Å². The van der Waals surface area contributed by atoms with E-state index in [1.54, 1.807) is 0 Å². The van der Waals surface area contributed by atoms with E-state index < -0.39 is 12.1 Å². The molecule has 0 aromatic carbocycles. The maximum Gasteiger partial charge on any atom is 0.334 e. The van der Waals surface area contributed by atoms with Gasteiger partial charge in [0.25, 0.3) is 0 Å². The first-order chi connectivity index (χ1) is 8.90. The van der Waals surface area contributed by atoms with Crippen molar-refractivity contribution < 1.29 is 19.1 Å². The van der Waals surface area contributed by atoms with E-state index in [1.807, 2.05) is 6.92 Å². The molecule has 2 atom stereocenters. The van der Waals surface area contributed by atoms with Crippen molar-refractivity contribution in [1.29, 1.82) is 0 Å². The van der Waals surface area contributed by atoms with Crippen molar-refractivity contribution in [2.45, 2.75) is 45.6 Å². The Morgan fingerprint density at radius 2 is 2.05 bits per heavy atom. The van der Waals surface area contributed by atoms with Crippen molar-refractivity contribution in [3.05, 3.63) is 23.3 Å². The SMILES string of the molecule is C=C1C(=O)O[C@@H](CC(C)=O)[C@@H]1CC1=C(C)CCC1=O. The van der Waals surface area contributed by atoms with Crippen molar-refractivity contribution >= 4 is 17.5 Å². The number of hydrogen-bond acceptors (Lipinski definition) is 4. The van der Waals surface area contributed by atoms with Crippen LogP contribution in [0.4, 0.5) is 0 Å². The zero-order chi connectivity index (χ0) is 14.2. The summed E-state index contributed by atoms with van der Waals surface area (Å²) >= 11 is 0. The Kier molecular flexibility index (Phi) is 3.69. The molecular weight excluding hydrogens is 244 g/mol. The van der Waals surface area contributed by atoms with Gasteiger partial charge in [0.05, 0.1) is 0 Å². The Labute approximate surface area is 112 Å². The third-order valence-corrected chi connectivity index (χ3v) is 3.91. The molecule has 0 radical (unpaired) electrons. The van der Waals surface area contributed by atoms with Crippen molar-refractivity contribution in [2.75, 3.05) is 0 Å². The first-order valence-electron chi connectivity index (χ1n) is 6.51. The molecule has 2 rings (SSSR count). The largest absolute Gasteiger partial charge is 0.458 e. The molecule has 0 bridgehead atoms. The van der Waals surface area contributed by atoms with Gasteiger partial charge >= 0.3 is 5.97 Å². The lowest BCUT2D eigenvalue weighted by molar-refractivity contribution is -0.140. The number of Topliss-reactive ketones (excluding diaryl/α,β-unsaturated/α-hetero) is 2. The Morgan fingerprint density at radius 1 is 1.37 bits per heavy atom. The summed E-state index contributed by atoms with van der Waals surface area (Å²) in [6, 6.07) is 0. The lowest BCUT2D eigenvalue weighted by Crippen LogP contribution is -2.21. The molecule has 0 spiro atoms. The van der Waals surface area contributed by atoms with E-state index in [4.69, 9.17) is 4.74 Å². The summed E-state index contributed by atoms with van der Waals surface area (Å²) < 4.78 is 5.18. The molecular formula is C15H18O4. The van der Waals surface area contributed by atoms with E-state index in [0.29, 0.717) is 18.4 Å². The average Bonchev–Trinajstić information content (AvgIpc) is 2.76. The van der Waals surface area contributed by atoms with Crippen LogP contribution < -0.4 is 0 Å². The predicted octanol–water partition coefficient (Wildman–Crippen LogP) is 2.13. The minimum absolute atomic E-state index is 0.0269. The molecule has 4 nitrogen and oxygen atoms in total. The summed E-state index contributed by atoms with van der Waals surface area (Å²) in [5.74, 6) is -0.574. The number of rotatable bonds is 4. The highest BCUT2D eigenvalue weighted by atomic mass is 16.6. The average molecular weight is 262 g/mol. The van der Waals surface area contributed by atoms with E-state index in [9.17, 15) is 14.4 Å². The molecule has 0 unspecified atom stereocenters. The van der Waals surface area contributed by atoms with E-state index in [1.165, 1.54) is 6.92 Å². The highest BCUT2D eigenvalue weighted by molar-refractivity contribution is 5.99. The molecule has 2 aliphatic rings. The van der Waals surface area contributed by atoms with Gasteiger partial charge in [-0.1, -0.05) is 12.2 Å². The van der Waals surface area contributed by atoms with E-state index in [-0.39, 0.29) is 23.9 Å². The second-order valence-corrected chi connectivity index (χ2v) is 5.37. The Hall–Kier alpha value is -1.71. The number of ketones is 2. The maximum absolute atomic E-state index is 11.8. The molecule has 4 heteroatoms. The fraction of sp³-hybridized carbons (Fsp3) is 0.533. The van der Waals surface area contributed by atoms with Crippen LogP contribution in [0.25, 0.3) is 0 Å². The van der Waals surface area contributed by atoms with Gasteiger partial charge < -0.3 is 4.74 Å². The molecule has 1 aliphatic carbocycles. The van der Waals surface area contributed by atoms with Crippen molar-refractivity contribution in [2.24, 2.45) is 5.92 Å². The lowest BCUT2D eigenvalue weighted by Gasteiger charge is -2.17. The van der Waals surface area contributed by atoms with Gasteiger partial charge in [-0.3, -0.25) is 9.59 Å². The quantitative estimate of drug-likeness (QED) is 0.575. The van der Waals surface area contributed by atoms with Crippen LogP contribution in [0.15, 0.2) is 23.3 Å². The van der Waals surface area contributed by atoms with E-state index in [2.05, 4.69) is 6.58 Å². The molecule has 1 saturated heterocycles. The molecule has 0 aromatic rings. The summed E-state index contributed by atoms with van der Waals surface area (Å²) in [6.07, 6.45) is 1.53. The molecule has 102 valence electrons. The summed E-state index contributed by atoms with van der Waals surface area (Å²) in [6.45, 7) is 7.16. The molecule has 0 saturated carbocycles. The third kappa shape index (κ3) is 2.67. The topological polar surface area (TPSA) is 60.4 Å². The smallest absolute Gasteiger partial charge is 0.334 e. The van der Waals surface area contributed by atoms with Crippen LogP contribution in [0.5, 0.6) is 0 Å². The summed E-state index contributed by atoms with van der Waals surface area (Å²) in [7, 11) is 0. The van der Waals surface area contributed by atoms with Gasteiger partial charge in [0.1, 0.15) is 11.9 Å². The molecule has 19 heavy (non-hydrogen) atoms. The minimum Gasteiger partial charge on any atom is -0.458 e. The summed E-state index contributed by atoms with van der Waals surface area (Å²) in [5.41, 5.74) is 2.25. The van der Waals surface area contributed by atoms with Crippen LogP contribution >= 0.6 is 0 Å². The first-order valence-corrected chi connectivity index (χ1v) is 6.51. The highest BCUT2D eigenvalue weighted by Crippen LogP contribution is 2.37. The van der Waals surface area contributed by atoms with Gasteiger partial charge in [0.2, 0.25) is 0 Å². The zero-order valence-corrected chi connectivity index (χ0v) is 11.3. The standard InChI is InChI=1S/C15H18O4/c1-8-4-5-13(17)11(8)7-12-10(3)15(18)19-14(12)6-9(2)16/h12,14H,3-7H2,1-2H3/t12-,14+/m1/s1. The van der Waals surface area contributed by atoms with Crippen LogP contribution in [0, 0.1) is 5.92 Å². The van der Waals surface area contributed by atoms with E-state index in [0.717, 1.165) is 17.6 Å². The molecule has 1 aliphatic heterocycles. The van der Waals surface area contributed by atoms with Crippen LogP contribution in [0.3, 0.4) is 0 Å². The van der Waals surface area contributed by atoms with Gasteiger partial charge in [-0.25, -0.2) is 4.79 Å². The molecule has 0 amide bonds. The van der Waals surface area contributed by atoms with Crippen LogP contribution in [0.2, 0.25) is 0 Å². The molecule has 1 fully saturated rings. The maximum atomic E-state index is 11.8. The fourth-order valence-electron chi connectivity index (χ4n) is 2.74. The lowest BCUT2D eigenvalue weighted by atomic mass is 9.86. The minimum atomic E-state index is -0.466. The number of carbonyl (C=O) groups excluding carboxylic acids is 3. The van der Waals surface area contributed by atoms with Gasteiger partial charge in [-0.15, -0.1) is 0 Å². The number of carbonyl (C=O) groups is 3. The second kappa shape index (κ2) is 5.11. The molecule has 1 heterocycles. The Balaban J connectivity index is 2.18. The van der Waals surface area contributed by atoms with Crippen molar-refractivity contribution in [3.63, 3.8) is 0 Å². The van der Waals surface area contributed by atoms with Crippen LogP contribution in [-0.2, 0) is 19.1 Å². The Morgan fingerprint density at radius 3 is 2.58 bits per heavy atom. The highest BCUT2D eigenvalue weighted by Gasteiger charge is 2.40. The van der Waals surface area contributed by atoms with Crippen LogP contribution in [-0.4, -0.2) is 23.6 Å². The first kappa shape index (κ1) is 13.7. The number of hydrogen-bond donors (Lipinski definition) is 0. The zero-order valence-electron chi connectivity index (χ0n) is 11.3. The van der Waals surface area contributed by atoms with Crippen LogP contribution in [0.1, 0.15) is 39.5 Å². The normalized spacial score (nSPS) is 27.2. The summed E-state index contributed by atoms with van der Waals surface area (Å²) in [4.78, 5) is 34.6. The number of ether oxygens (including phenoxy) is 1. The third-order valence-electron chi connectivity index (χ3n) is 3.91. The fourth-order valence-corrected chi connectivity index (χ4v) is 2.74. The number of esters is 1. The summed E-state index contributed by atoms with van der Waals surface area (Å²) in [5, 5.41) is 0. The van der Waals surface area contributed by atoms with Crippen molar-refractivity contribution in [3.8, 4) is 0 Å². The number of cyclic esters (lactones) is 1. The van der Waals surface area contributed by atoms with Gasteiger partial charge in [-0.2, -0.15) is 0 Å². The number of allylic oxidation sites excluding steroid dienone is 2. The molecule has 0 N–H and O–H groups in total. The monoisotopic (exact) mass is 262 g/mol. The van der Waals surface area contributed by atoms with Gasteiger partial charge in [0.15, 0.2) is 5.78 Å². The second-order valence-electron chi connectivity index (χ2n) is 5.37. The van der Waals surface area contributed by atoms with E-state index >= 15 is 0 Å². The predicted molar refractivity (Wildman–Crippen MR) is 69.4 cm³/mol.